The van der Waals surface area contributed by atoms with Gasteiger partial charge in [0.25, 0.3) is 0 Å². The fourth-order valence-electron chi connectivity index (χ4n) is 1.03. The number of nitrogens with one attached hydrogen (secondary N) is 1. The molecule has 0 spiro atoms. The van der Waals surface area contributed by atoms with Crippen LogP contribution in [0, 0.1) is 5.82 Å². The largest absolute Gasteiger partial charge is 0.330 e. The first-order valence-electron chi connectivity index (χ1n) is 3.84. The van der Waals surface area contributed by atoms with Gasteiger partial charge in [-0.3, -0.25) is 0 Å². The van der Waals surface area contributed by atoms with Crippen molar-refractivity contribution in [3.05, 3.63) is 29.6 Å². The van der Waals surface area contributed by atoms with E-state index in [0.717, 1.165) is 17.7 Å². The van der Waals surface area contributed by atoms with Gasteiger partial charge in [0, 0.05) is 11.9 Å². The second-order valence-corrected chi connectivity index (χ2v) is 3.12. The summed E-state index contributed by atoms with van der Waals surface area (Å²) in [6.07, 6.45) is 2.78. The Hall–Kier alpha value is -0.700. The van der Waals surface area contributed by atoms with Crippen LogP contribution in [0.5, 0.6) is 0 Å². The third-order valence-electron chi connectivity index (χ3n) is 1.59. The highest BCUT2D eigenvalue weighted by Crippen LogP contribution is 2.16. The van der Waals surface area contributed by atoms with Crippen LogP contribution in [0.2, 0.25) is 0 Å². The van der Waals surface area contributed by atoms with Gasteiger partial charge in [-0.25, -0.2) is 4.39 Å². The maximum Gasteiger partial charge on any atom is 0.125 e. The van der Waals surface area contributed by atoms with Crippen molar-refractivity contribution in [1.29, 1.82) is 0 Å². The SMILES string of the molecule is CCc1cc(F)cc(NSC)c1. The molecule has 0 saturated heterocycles. The summed E-state index contributed by atoms with van der Waals surface area (Å²) < 4.78 is 15.9. The quantitative estimate of drug-likeness (QED) is 0.726. The molecule has 1 nitrogen and oxygen atoms in total. The first-order chi connectivity index (χ1) is 5.76. The van der Waals surface area contributed by atoms with Crippen LogP contribution in [0.25, 0.3) is 0 Å². The molecule has 0 saturated carbocycles. The molecular formula is C9H12FNS. The van der Waals surface area contributed by atoms with Crippen LogP contribution in [0.1, 0.15) is 12.5 Å². The van der Waals surface area contributed by atoms with E-state index in [4.69, 9.17) is 0 Å². The Morgan fingerprint density at radius 3 is 2.75 bits per heavy atom. The van der Waals surface area contributed by atoms with Crippen LogP contribution < -0.4 is 4.72 Å². The Labute approximate surface area is 76.5 Å². The van der Waals surface area contributed by atoms with E-state index < -0.39 is 0 Å². The van der Waals surface area contributed by atoms with Gasteiger partial charge in [-0.1, -0.05) is 18.9 Å². The van der Waals surface area contributed by atoms with Gasteiger partial charge in [0.1, 0.15) is 5.82 Å². The average Bonchev–Trinajstić information content (AvgIpc) is 2.04. The van der Waals surface area contributed by atoms with Crippen molar-refractivity contribution >= 4 is 17.6 Å². The molecule has 0 aliphatic rings. The molecule has 12 heavy (non-hydrogen) atoms. The predicted octanol–water partition coefficient (Wildman–Crippen LogP) is 3.08. The highest BCUT2D eigenvalue weighted by Gasteiger charge is 1.97. The van der Waals surface area contributed by atoms with E-state index in [1.165, 1.54) is 18.0 Å². The summed E-state index contributed by atoms with van der Waals surface area (Å²) in [5, 5.41) is 0. The van der Waals surface area contributed by atoms with Crippen molar-refractivity contribution in [3.63, 3.8) is 0 Å². The van der Waals surface area contributed by atoms with E-state index in [1.807, 2.05) is 19.2 Å². The Morgan fingerprint density at radius 2 is 2.17 bits per heavy atom. The van der Waals surface area contributed by atoms with Crippen LogP contribution in [-0.2, 0) is 6.42 Å². The molecule has 0 fully saturated rings. The average molecular weight is 185 g/mol. The fourth-order valence-corrected chi connectivity index (χ4v) is 1.38. The molecule has 0 aromatic heterocycles. The van der Waals surface area contributed by atoms with E-state index in [0.29, 0.717) is 0 Å². The molecule has 0 bridgehead atoms. The van der Waals surface area contributed by atoms with Crippen LogP contribution >= 0.6 is 11.9 Å². The minimum Gasteiger partial charge on any atom is -0.330 e. The van der Waals surface area contributed by atoms with Crippen LogP contribution in [-0.4, -0.2) is 6.26 Å². The summed E-state index contributed by atoms with van der Waals surface area (Å²) in [4.78, 5) is 0. The molecular weight excluding hydrogens is 173 g/mol. The van der Waals surface area contributed by atoms with Gasteiger partial charge in [0.05, 0.1) is 0 Å². The zero-order valence-electron chi connectivity index (χ0n) is 7.23. The lowest BCUT2D eigenvalue weighted by molar-refractivity contribution is 0.626. The lowest BCUT2D eigenvalue weighted by atomic mass is 10.1. The Balaban J connectivity index is 2.90. The van der Waals surface area contributed by atoms with Gasteiger partial charge < -0.3 is 4.72 Å². The van der Waals surface area contributed by atoms with Crippen molar-refractivity contribution in [2.24, 2.45) is 0 Å². The van der Waals surface area contributed by atoms with E-state index in [9.17, 15) is 4.39 Å². The van der Waals surface area contributed by atoms with Gasteiger partial charge in [-0.05, 0) is 30.2 Å². The fraction of sp³-hybridized carbons (Fsp3) is 0.333. The smallest absolute Gasteiger partial charge is 0.125 e. The normalized spacial score (nSPS) is 9.92. The molecule has 0 aliphatic heterocycles. The van der Waals surface area contributed by atoms with Crippen LogP contribution in [0.4, 0.5) is 10.1 Å². The number of rotatable bonds is 3. The lowest BCUT2D eigenvalue weighted by Gasteiger charge is -2.04. The van der Waals surface area contributed by atoms with Gasteiger partial charge in [0.15, 0.2) is 0 Å². The highest BCUT2D eigenvalue weighted by molar-refractivity contribution is 7.99. The molecule has 3 heteroatoms. The summed E-state index contributed by atoms with van der Waals surface area (Å²) in [5.41, 5.74) is 1.85. The summed E-state index contributed by atoms with van der Waals surface area (Å²) in [6, 6.07) is 5.01. The zero-order valence-corrected chi connectivity index (χ0v) is 8.04. The second-order valence-electron chi connectivity index (χ2n) is 2.51. The number of hydrogen-bond donors (Lipinski definition) is 1. The van der Waals surface area contributed by atoms with Gasteiger partial charge >= 0.3 is 0 Å². The third kappa shape index (κ3) is 2.41. The Bertz CT molecular complexity index is 263. The van der Waals surface area contributed by atoms with Crippen molar-refractivity contribution in [1.82, 2.24) is 0 Å². The van der Waals surface area contributed by atoms with Crippen molar-refractivity contribution in [2.75, 3.05) is 11.0 Å². The molecule has 0 aliphatic carbocycles. The van der Waals surface area contributed by atoms with E-state index in [-0.39, 0.29) is 5.82 Å². The monoisotopic (exact) mass is 185 g/mol. The maximum absolute atomic E-state index is 12.9. The van der Waals surface area contributed by atoms with Crippen molar-refractivity contribution < 1.29 is 4.39 Å². The van der Waals surface area contributed by atoms with E-state index in [2.05, 4.69) is 4.72 Å². The third-order valence-corrected chi connectivity index (χ3v) is 2.03. The first kappa shape index (κ1) is 9.39. The number of aryl methyl sites for hydroxylation is 1. The molecule has 0 unspecified atom stereocenters. The summed E-state index contributed by atoms with van der Waals surface area (Å²) >= 11 is 1.47. The molecule has 1 aromatic carbocycles. The maximum atomic E-state index is 12.9. The van der Waals surface area contributed by atoms with Crippen LogP contribution in [0.15, 0.2) is 18.2 Å². The minimum absolute atomic E-state index is 0.175. The van der Waals surface area contributed by atoms with E-state index in [1.54, 1.807) is 6.07 Å². The van der Waals surface area contributed by atoms with Crippen molar-refractivity contribution in [3.8, 4) is 0 Å². The number of anilines is 1. The van der Waals surface area contributed by atoms with Crippen molar-refractivity contribution in [2.45, 2.75) is 13.3 Å². The molecule has 66 valence electrons. The molecule has 1 rings (SSSR count). The lowest BCUT2D eigenvalue weighted by Crippen LogP contribution is -1.89. The van der Waals surface area contributed by atoms with E-state index >= 15 is 0 Å². The van der Waals surface area contributed by atoms with Crippen LogP contribution in [0.3, 0.4) is 0 Å². The molecule has 1 N–H and O–H groups in total. The predicted molar refractivity (Wildman–Crippen MR) is 52.9 cm³/mol. The van der Waals surface area contributed by atoms with Gasteiger partial charge in [-0.15, -0.1) is 0 Å². The number of halogens is 1. The molecule has 0 heterocycles. The molecule has 0 amide bonds. The molecule has 1 aromatic rings. The standard InChI is InChI=1S/C9H12FNS/c1-3-7-4-8(10)6-9(5-7)11-12-2/h4-6,11H,3H2,1-2H3. The zero-order chi connectivity index (χ0) is 8.97. The number of hydrogen-bond acceptors (Lipinski definition) is 2. The Morgan fingerprint density at radius 1 is 1.42 bits per heavy atom. The molecule has 0 atom stereocenters. The topological polar surface area (TPSA) is 12.0 Å². The Kier molecular flexibility index (Phi) is 3.41. The highest BCUT2D eigenvalue weighted by atomic mass is 32.2. The first-order valence-corrected chi connectivity index (χ1v) is 5.07. The summed E-state index contributed by atoms with van der Waals surface area (Å²) in [5.74, 6) is -0.175. The molecule has 0 radical (unpaired) electrons. The summed E-state index contributed by atoms with van der Waals surface area (Å²) in [6.45, 7) is 2.01. The minimum atomic E-state index is -0.175. The van der Waals surface area contributed by atoms with Gasteiger partial charge in [-0.2, -0.15) is 0 Å². The van der Waals surface area contributed by atoms with Gasteiger partial charge in [0.2, 0.25) is 0 Å². The number of benzene rings is 1. The summed E-state index contributed by atoms with van der Waals surface area (Å²) in [7, 11) is 0. The second kappa shape index (κ2) is 4.36.